The van der Waals surface area contributed by atoms with E-state index in [-0.39, 0.29) is 0 Å². The molecule has 0 saturated carbocycles. The van der Waals surface area contributed by atoms with E-state index in [0.29, 0.717) is 11.1 Å². The highest BCUT2D eigenvalue weighted by atomic mass is 14.3. The van der Waals surface area contributed by atoms with Crippen molar-refractivity contribution in [2.24, 2.45) is 0 Å². The Bertz CT molecular complexity index is 3270. The van der Waals surface area contributed by atoms with Gasteiger partial charge in [0.1, 0.15) is 12.1 Å². The first-order valence-electron chi connectivity index (χ1n) is 21.4. The molecule has 0 saturated heterocycles. The topological polar surface area (TPSA) is 47.6 Å². The average molecular weight is 813 g/mol. The van der Waals surface area contributed by atoms with Crippen molar-refractivity contribution in [3.8, 4) is 112 Å². The summed E-state index contributed by atoms with van der Waals surface area (Å²) in [7, 11) is 0. The van der Waals surface area contributed by atoms with Gasteiger partial charge in [-0.25, -0.2) is 0 Å². The predicted molar refractivity (Wildman–Crippen MR) is 265 cm³/mol. The zero-order chi connectivity index (χ0) is 43.2. The fourth-order valence-corrected chi connectivity index (χ4v) is 8.78. The van der Waals surface area contributed by atoms with Crippen LogP contribution in [0.15, 0.2) is 243 Å². The van der Waals surface area contributed by atoms with Gasteiger partial charge in [0.25, 0.3) is 0 Å². The second-order valence-corrected chi connectivity index (χ2v) is 15.9. The molecule has 0 bridgehead atoms. The van der Waals surface area contributed by atoms with Crippen molar-refractivity contribution in [3.63, 3.8) is 0 Å². The highest BCUT2D eigenvalue weighted by Gasteiger charge is 2.19. The summed E-state index contributed by atoms with van der Waals surface area (Å²) in [5.74, 6) is 0. The van der Waals surface area contributed by atoms with Gasteiger partial charge in [0.15, 0.2) is 0 Å². The van der Waals surface area contributed by atoms with Gasteiger partial charge in [0, 0.05) is 22.3 Å². The molecule has 0 atom stereocenters. The standard InChI is InChI=1S/C62H40N2/c63-41-61-57(51-29-15-30-52(35-51)60-40-55(45-21-9-3-10-22-45)39-59(62(60)42-64)46-23-11-4-12-24-46)31-16-32-58(61)56-37-53(49-27-13-25-47(33-49)43-17-5-1-6-18-43)36-54(38-56)50-28-14-26-48(34-50)44-19-7-2-8-20-44/h1-40H. The maximum atomic E-state index is 11.1. The Balaban J connectivity index is 1.12. The fraction of sp³-hybridized carbons (Fsp3) is 0. The lowest BCUT2D eigenvalue weighted by molar-refractivity contribution is 1.46. The summed E-state index contributed by atoms with van der Waals surface area (Å²) < 4.78 is 0. The summed E-state index contributed by atoms with van der Waals surface area (Å²) in [6.07, 6.45) is 0. The van der Waals surface area contributed by atoms with Crippen molar-refractivity contribution in [3.05, 3.63) is 254 Å². The monoisotopic (exact) mass is 812 g/mol. The number of hydrogen-bond acceptors (Lipinski definition) is 2. The van der Waals surface area contributed by atoms with Crippen LogP contribution in [0.25, 0.3) is 100 Å². The van der Waals surface area contributed by atoms with Gasteiger partial charge in [-0.3, -0.25) is 0 Å². The van der Waals surface area contributed by atoms with E-state index in [1.807, 2.05) is 66.7 Å². The number of hydrogen-bond donors (Lipinski definition) is 0. The first-order valence-corrected chi connectivity index (χ1v) is 21.4. The van der Waals surface area contributed by atoms with Gasteiger partial charge in [-0.05, 0) is 126 Å². The van der Waals surface area contributed by atoms with Crippen LogP contribution in [0.5, 0.6) is 0 Å². The quantitative estimate of drug-likeness (QED) is 0.146. The molecule has 2 heteroatoms. The molecule has 0 N–H and O–H groups in total. The number of rotatable bonds is 9. The molecule has 0 aromatic heterocycles. The van der Waals surface area contributed by atoms with Crippen LogP contribution in [-0.4, -0.2) is 0 Å². The molecule has 0 aliphatic heterocycles. The molecule has 0 unspecified atom stereocenters. The van der Waals surface area contributed by atoms with Crippen LogP contribution in [0.2, 0.25) is 0 Å². The van der Waals surface area contributed by atoms with Crippen LogP contribution < -0.4 is 0 Å². The second-order valence-electron chi connectivity index (χ2n) is 15.9. The molecule has 0 heterocycles. The Morgan fingerprint density at radius 2 is 0.453 bits per heavy atom. The van der Waals surface area contributed by atoms with Gasteiger partial charge in [-0.2, -0.15) is 10.5 Å². The average Bonchev–Trinajstić information content (AvgIpc) is 3.39. The minimum Gasteiger partial charge on any atom is -0.192 e. The van der Waals surface area contributed by atoms with E-state index in [1.54, 1.807) is 0 Å². The van der Waals surface area contributed by atoms with Gasteiger partial charge >= 0.3 is 0 Å². The van der Waals surface area contributed by atoms with Gasteiger partial charge < -0.3 is 0 Å². The normalized spacial score (nSPS) is 10.8. The van der Waals surface area contributed by atoms with E-state index in [9.17, 15) is 10.5 Å². The summed E-state index contributed by atoms with van der Waals surface area (Å²) in [4.78, 5) is 0. The summed E-state index contributed by atoms with van der Waals surface area (Å²) >= 11 is 0. The molecule has 0 amide bonds. The van der Waals surface area contributed by atoms with Gasteiger partial charge in [-0.1, -0.05) is 194 Å². The molecule has 0 aliphatic carbocycles. The predicted octanol–water partition coefficient (Wildman–Crippen LogP) is 16.4. The SMILES string of the molecule is N#Cc1c(-c2cc(-c3cccc(-c4ccccc4)c3)cc(-c3cccc(-c4ccccc4)c3)c2)cccc1-c1cccc(-c2cc(-c3ccccc3)cc(-c3ccccc3)c2C#N)c1. The minimum absolute atomic E-state index is 0.586. The van der Waals surface area contributed by atoms with Crippen LogP contribution in [0, 0.1) is 22.7 Å². The molecule has 10 rings (SSSR count). The lowest BCUT2D eigenvalue weighted by Crippen LogP contribution is -1.94. The van der Waals surface area contributed by atoms with E-state index in [1.165, 1.54) is 0 Å². The Morgan fingerprint density at radius 1 is 0.188 bits per heavy atom. The Morgan fingerprint density at radius 3 is 0.922 bits per heavy atom. The van der Waals surface area contributed by atoms with E-state index >= 15 is 0 Å². The molecule has 0 fully saturated rings. The van der Waals surface area contributed by atoms with Crippen molar-refractivity contribution in [2.45, 2.75) is 0 Å². The molecule has 0 spiro atoms. The van der Waals surface area contributed by atoms with E-state index < -0.39 is 0 Å². The lowest BCUT2D eigenvalue weighted by Gasteiger charge is -2.17. The summed E-state index contributed by atoms with van der Waals surface area (Å²) in [6, 6.07) is 89.1. The highest BCUT2D eigenvalue weighted by Crippen LogP contribution is 2.41. The van der Waals surface area contributed by atoms with Crippen molar-refractivity contribution < 1.29 is 0 Å². The summed E-state index contributed by atoms with van der Waals surface area (Å²) in [5, 5.41) is 21.9. The van der Waals surface area contributed by atoms with Crippen LogP contribution in [-0.2, 0) is 0 Å². The fourth-order valence-electron chi connectivity index (χ4n) is 8.78. The zero-order valence-corrected chi connectivity index (χ0v) is 35.0. The van der Waals surface area contributed by atoms with Crippen LogP contribution in [0.3, 0.4) is 0 Å². The minimum atomic E-state index is 0.586. The molecule has 0 aliphatic rings. The molecular weight excluding hydrogens is 773 g/mol. The second kappa shape index (κ2) is 17.6. The smallest absolute Gasteiger partial charge is 0.100 e. The van der Waals surface area contributed by atoms with Crippen LogP contribution in [0.4, 0.5) is 0 Å². The van der Waals surface area contributed by atoms with Crippen molar-refractivity contribution >= 4 is 0 Å². The van der Waals surface area contributed by atoms with Crippen molar-refractivity contribution in [2.75, 3.05) is 0 Å². The highest BCUT2D eigenvalue weighted by molar-refractivity contribution is 5.91. The van der Waals surface area contributed by atoms with Gasteiger partial charge in [0.05, 0.1) is 11.1 Å². The van der Waals surface area contributed by atoms with E-state index in [4.69, 9.17) is 0 Å². The molecule has 10 aromatic carbocycles. The maximum absolute atomic E-state index is 11.1. The first kappa shape index (κ1) is 39.3. The zero-order valence-electron chi connectivity index (χ0n) is 35.0. The third-order valence-electron chi connectivity index (χ3n) is 12.0. The number of nitrogens with zero attached hydrogens (tertiary/aromatic N) is 2. The summed E-state index contributed by atoms with van der Waals surface area (Å²) in [6.45, 7) is 0. The molecular formula is C62H40N2. The van der Waals surface area contributed by atoms with E-state index in [2.05, 4.69) is 188 Å². The summed E-state index contributed by atoms with van der Waals surface area (Å²) in [5.41, 5.74) is 19.3. The van der Waals surface area contributed by atoms with Crippen molar-refractivity contribution in [1.82, 2.24) is 0 Å². The van der Waals surface area contributed by atoms with E-state index in [0.717, 1.165) is 100 Å². The number of nitriles is 2. The Labute approximate surface area is 374 Å². The van der Waals surface area contributed by atoms with Crippen LogP contribution >= 0.6 is 0 Å². The lowest BCUT2D eigenvalue weighted by atomic mass is 9.86. The molecule has 298 valence electrons. The van der Waals surface area contributed by atoms with Gasteiger partial charge in [-0.15, -0.1) is 0 Å². The first-order chi connectivity index (χ1) is 31.6. The van der Waals surface area contributed by atoms with Gasteiger partial charge in [0.2, 0.25) is 0 Å². The molecule has 10 aromatic rings. The Kier molecular flexibility index (Phi) is 10.8. The molecule has 64 heavy (non-hydrogen) atoms. The molecule has 2 nitrogen and oxygen atoms in total. The van der Waals surface area contributed by atoms with Crippen LogP contribution in [0.1, 0.15) is 11.1 Å². The third kappa shape index (κ3) is 7.92. The Hall–Kier alpha value is -8.82. The van der Waals surface area contributed by atoms with Crippen molar-refractivity contribution in [1.29, 1.82) is 10.5 Å². The molecule has 0 radical (unpaired) electrons. The third-order valence-corrected chi connectivity index (χ3v) is 12.0. The largest absolute Gasteiger partial charge is 0.192 e. The number of benzene rings is 10. The maximum Gasteiger partial charge on any atom is 0.100 e.